The lowest BCUT2D eigenvalue weighted by Crippen LogP contribution is -2.52. The second-order valence-corrected chi connectivity index (χ2v) is 8.01. The van der Waals surface area contributed by atoms with Gasteiger partial charge in [0.15, 0.2) is 0 Å². The van der Waals surface area contributed by atoms with E-state index in [2.05, 4.69) is 15.8 Å². The minimum Gasteiger partial charge on any atom is -0.356 e. The van der Waals surface area contributed by atoms with Crippen LogP contribution >= 0.6 is 0 Å². The predicted molar refractivity (Wildman–Crippen MR) is 89.8 cm³/mol. The van der Waals surface area contributed by atoms with Crippen molar-refractivity contribution in [1.29, 1.82) is 0 Å². The van der Waals surface area contributed by atoms with Gasteiger partial charge in [0.25, 0.3) is 0 Å². The number of carbonyl (C=O) groups is 2. The predicted octanol–water partition coefficient (Wildman–Crippen LogP) is 2.61. The lowest BCUT2D eigenvalue weighted by molar-refractivity contribution is -0.146. The lowest BCUT2D eigenvalue weighted by Gasteiger charge is -2.55. The van der Waals surface area contributed by atoms with Crippen molar-refractivity contribution in [3.63, 3.8) is 0 Å². The maximum atomic E-state index is 12.7. The number of amides is 2. The van der Waals surface area contributed by atoms with Crippen LogP contribution in [0.3, 0.4) is 0 Å². The number of rotatable bonds is 6. The van der Waals surface area contributed by atoms with E-state index in [9.17, 15) is 9.59 Å². The normalized spacial score (nSPS) is 35.2. The second kappa shape index (κ2) is 6.62. The molecule has 4 bridgehead atoms. The van der Waals surface area contributed by atoms with Gasteiger partial charge < -0.3 is 5.32 Å². The molecule has 23 heavy (non-hydrogen) atoms. The van der Waals surface area contributed by atoms with Gasteiger partial charge in [0, 0.05) is 12.3 Å². The van der Waals surface area contributed by atoms with Crippen LogP contribution in [0.2, 0.25) is 0 Å². The SMILES string of the molecule is CCCNC(=O)C/C(C)=N/NC(=O)C12CC3CC(CC(C3)C1)C2. The van der Waals surface area contributed by atoms with Gasteiger partial charge in [0.05, 0.1) is 11.8 Å². The summed E-state index contributed by atoms with van der Waals surface area (Å²) in [6.45, 7) is 4.50. The molecule has 0 aromatic carbocycles. The molecule has 4 rings (SSSR count). The van der Waals surface area contributed by atoms with Gasteiger partial charge in [-0.3, -0.25) is 9.59 Å². The zero-order valence-electron chi connectivity index (χ0n) is 14.4. The molecule has 2 N–H and O–H groups in total. The molecule has 4 aliphatic carbocycles. The first-order chi connectivity index (χ1) is 11.0. The Morgan fingerprint density at radius 1 is 1.09 bits per heavy atom. The molecule has 0 spiro atoms. The van der Waals surface area contributed by atoms with Crippen LogP contribution in [0.5, 0.6) is 0 Å². The number of hydrogen-bond acceptors (Lipinski definition) is 3. The number of nitrogens with one attached hydrogen (secondary N) is 2. The topological polar surface area (TPSA) is 70.6 Å². The summed E-state index contributed by atoms with van der Waals surface area (Å²) < 4.78 is 0. The summed E-state index contributed by atoms with van der Waals surface area (Å²) in [7, 11) is 0. The molecule has 0 saturated heterocycles. The Labute approximate surface area is 138 Å². The van der Waals surface area contributed by atoms with Gasteiger partial charge in [-0.15, -0.1) is 0 Å². The highest BCUT2D eigenvalue weighted by molar-refractivity contribution is 6.00. The van der Waals surface area contributed by atoms with E-state index in [0.717, 1.165) is 43.4 Å². The first kappa shape index (κ1) is 16.5. The van der Waals surface area contributed by atoms with Gasteiger partial charge in [-0.05, 0) is 69.6 Å². The van der Waals surface area contributed by atoms with E-state index in [1.54, 1.807) is 6.92 Å². The van der Waals surface area contributed by atoms with Crippen molar-refractivity contribution in [2.24, 2.45) is 28.3 Å². The molecule has 0 aliphatic heterocycles. The fourth-order valence-electron chi connectivity index (χ4n) is 5.25. The Bertz CT molecular complexity index is 477. The summed E-state index contributed by atoms with van der Waals surface area (Å²) in [6, 6.07) is 0. The Balaban J connectivity index is 1.55. The molecule has 4 fully saturated rings. The first-order valence-corrected chi connectivity index (χ1v) is 9.11. The zero-order valence-corrected chi connectivity index (χ0v) is 14.4. The molecule has 2 amide bonds. The minimum atomic E-state index is -0.178. The minimum absolute atomic E-state index is 0.0304. The van der Waals surface area contributed by atoms with E-state index >= 15 is 0 Å². The van der Waals surface area contributed by atoms with Crippen LogP contribution in [0.25, 0.3) is 0 Å². The molecule has 4 aliphatic rings. The van der Waals surface area contributed by atoms with E-state index in [1.807, 2.05) is 6.92 Å². The molecule has 4 saturated carbocycles. The van der Waals surface area contributed by atoms with E-state index in [4.69, 9.17) is 0 Å². The van der Waals surface area contributed by atoms with E-state index in [-0.39, 0.29) is 23.7 Å². The fraction of sp³-hybridized carbons (Fsp3) is 0.833. The summed E-state index contributed by atoms with van der Waals surface area (Å²) in [6.07, 6.45) is 8.26. The highest BCUT2D eigenvalue weighted by Gasteiger charge is 2.54. The van der Waals surface area contributed by atoms with Crippen molar-refractivity contribution < 1.29 is 9.59 Å². The molecular formula is C18H29N3O2. The summed E-state index contributed by atoms with van der Waals surface area (Å²) in [5.41, 5.74) is 3.26. The van der Waals surface area contributed by atoms with Crippen LogP contribution in [0.15, 0.2) is 5.10 Å². The third-order valence-corrected chi connectivity index (χ3v) is 5.86. The maximum Gasteiger partial charge on any atom is 0.246 e. The van der Waals surface area contributed by atoms with Gasteiger partial charge in [-0.2, -0.15) is 5.10 Å². The van der Waals surface area contributed by atoms with Crippen LogP contribution in [0.1, 0.15) is 65.2 Å². The number of nitrogens with zero attached hydrogens (tertiary/aromatic N) is 1. The number of hydrazone groups is 1. The highest BCUT2D eigenvalue weighted by Crippen LogP contribution is 2.60. The van der Waals surface area contributed by atoms with Crippen molar-refractivity contribution >= 4 is 17.5 Å². The van der Waals surface area contributed by atoms with Crippen LogP contribution in [0, 0.1) is 23.2 Å². The Hall–Kier alpha value is -1.39. The maximum absolute atomic E-state index is 12.7. The average Bonchev–Trinajstić information content (AvgIpc) is 2.49. The monoisotopic (exact) mass is 319 g/mol. The van der Waals surface area contributed by atoms with Crippen molar-refractivity contribution in [3.05, 3.63) is 0 Å². The smallest absolute Gasteiger partial charge is 0.246 e. The fourth-order valence-corrected chi connectivity index (χ4v) is 5.25. The highest BCUT2D eigenvalue weighted by atomic mass is 16.2. The van der Waals surface area contributed by atoms with E-state index in [0.29, 0.717) is 12.3 Å². The molecule has 128 valence electrons. The van der Waals surface area contributed by atoms with Crippen LogP contribution in [-0.4, -0.2) is 24.1 Å². The van der Waals surface area contributed by atoms with Crippen molar-refractivity contribution in [2.75, 3.05) is 6.54 Å². The van der Waals surface area contributed by atoms with Gasteiger partial charge in [-0.25, -0.2) is 5.43 Å². The first-order valence-electron chi connectivity index (χ1n) is 9.11. The van der Waals surface area contributed by atoms with Crippen LogP contribution in [-0.2, 0) is 9.59 Å². The molecule has 0 aromatic heterocycles. The number of hydrogen-bond donors (Lipinski definition) is 2. The third kappa shape index (κ3) is 3.59. The quantitative estimate of drug-likeness (QED) is 0.583. The summed E-state index contributed by atoms with van der Waals surface area (Å²) in [5, 5.41) is 7.01. The van der Waals surface area contributed by atoms with Gasteiger partial charge in [0.2, 0.25) is 11.8 Å². The number of carbonyl (C=O) groups excluding carboxylic acids is 2. The molecule has 0 unspecified atom stereocenters. The molecular weight excluding hydrogens is 290 g/mol. The molecule has 0 atom stereocenters. The Kier molecular flexibility index (Phi) is 4.74. The second-order valence-electron chi connectivity index (χ2n) is 8.01. The van der Waals surface area contributed by atoms with Crippen LogP contribution in [0.4, 0.5) is 0 Å². The molecule has 0 radical (unpaired) electrons. The van der Waals surface area contributed by atoms with Crippen LogP contribution < -0.4 is 10.7 Å². The van der Waals surface area contributed by atoms with Gasteiger partial charge in [-0.1, -0.05) is 6.92 Å². The molecule has 5 heteroatoms. The third-order valence-electron chi connectivity index (χ3n) is 5.86. The largest absolute Gasteiger partial charge is 0.356 e. The summed E-state index contributed by atoms with van der Waals surface area (Å²) in [4.78, 5) is 24.4. The van der Waals surface area contributed by atoms with E-state index < -0.39 is 0 Å². The molecule has 0 heterocycles. The Morgan fingerprint density at radius 2 is 1.65 bits per heavy atom. The lowest BCUT2D eigenvalue weighted by atomic mass is 9.49. The summed E-state index contributed by atoms with van der Waals surface area (Å²) in [5.74, 6) is 2.30. The molecule has 5 nitrogen and oxygen atoms in total. The molecule has 0 aromatic rings. The van der Waals surface area contributed by atoms with E-state index in [1.165, 1.54) is 19.3 Å². The zero-order chi connectivity index (χ0) is 16.4. The van der Waals surface area contributed by atoms with Crippen molar-refractivity contribution in [3.8, 4) is 0 Å². The Morgan fingerprint density at radius 3 is 2.17 bits per heavy atom. The standard InChI is InChI=1S/C18H29N3O2/c1-3-4-19-16(22)5-12(2)20-21-17(23)18-9-13-6-14(10-18)8-15(7-13)11-18/h13-15H,3-11H2,1-2H3,(H,19,22)(H,21,23)/b20-12+. The van der Waals surface area contributed by atoms with Crippen molar-refractivity contribution in [1.82, 2.24) is 10.7 Å². The van der Waals surface area contributed by atoms with Gasteiger partial charge in [0.1, 0.15) is 0 Å². The average molecular weight is 319 g/mol. The van der Waals surface area contributed by atoms with Crippen molar-refractivity contribution in [2.45, 2.75) is 65.2 Å². The summed E-state index contributed by atoms with van der Waals surface area (Å²) >= 11 is 0. The van der Waals surface area contributed by atoms with Gasteiger partial charge >= 0.3 is 0 Å².